The topological polar surface area (TPSA) is 65.1 Å². The summed E-state index contributed by atoms with van der Waals surface area (Å²) in [4.78, 5) is 15.0. The molecule has 1 aromatic heterocycles. The molecular formula is C20H20N2O2. The molecule has 0 amide bonds. The van der Waals surface area contributed by atoms with E-state index in [0.29, 0.717) is 6.54 Å². The maximum Gasteiger partial charge on any atom is 0.325 e. The van der Waals surface area contributed by atoms with E-state index < -0.39 is 12.0 Å². The lowest BCUT2D eigenvalue weighted by Crippen LogP contribution is -2.28. The van der Waals surface area contributed by atoms with Gasteiger partial charge in [0.2, 0.25) is 0 Å². The highest BCUT2D eigenvalue weighted by atomic mass is 16.4. The molecule has 1 unspecified atom stereocenters. The average molecular weight is 320 g/mol. The number of carboxylic acid groups (broad SMARTS) is 1. The van der Waals surface area contributed by atoms with Crippen molar-refractivity contribution in [1.29, 1.82) is 0 Å². The number of aromatic nitrogens is 1. The molecule has 122 valence electrons. The lowest BCUT2D eigenvalue weighted by atomic mass is 10.0. The molecule has 1 heterocycles. The Hall–Kier alpha value is -2.59. The fourth-order valence-corrected chi connectivity index (χ4v) is 3.74. The molecule has 4 rings (SSSR count). The third-order valence-electron chi connectivity index (χ3n) is 4.92. The quantitative estimate of drug-likeness (QED) is 0.673. The number of benzene rings is 2. The Morgan fingerprint density at radius 3 is 2.92 bits per heavy atom. The molecule has 24 heavy (non-hydrogen) atoms. The fourth-order valence-electron chi connectivity index (χ4n) is 3.74. The van der Waals surface area contributed by atoms with Crippen LogP contribution in [0, 0.1) is 0 Å². The largest absolute Gasteiger partial charge is 0.480 e. The van der Waals surface area contributed by atoms with Crippen LogP contribution in [0.2, 0.25) is 0 Å². The average Bonchev–Trinajstić information content (AvgIpc) is 3.22. The fraction of sp³-hybridized carbons (Fsp3) is 0.250. The second-order valence-corrected chi connectivity index (χ2v) is 6.35. The Labute approximate surface area is 140 Å². The number of fused-ring (bicyclic) bond motifs is 2. The number of para-hydroxylation sites is 1. The SMILES string of the molecule is O=C(O)C(NCc1cccc2c1CCC2)c1c[nH]c2ccccc12. The molecule has 4 nitrogen and oxygen atoms in total. The summed E-state index contributed by atoms with van der Waals surface area (Å²) in [5, 5.41) is 13.9. The highest BCUT2D eigenvalue weighted by Crippen LogP contribution is 2.27. The van der Waals surface area contributed by atoms with E-state index in [0.717, 1.165) is 29.3 Å². The number of aromatic amines is 1. The molecule has 0 radical (unpaired) electrons. The Bertz CT molecular complexity index is 898. The van der Waals surface area contributed by atoms with Crippen molar-refractivity contribution in [2.45, 2.75) is 31.8 Å². The van der Waals surface area contributed by atoms with Gasteiger partial charge in [0.05, 0.1) is 0 Å². The number of aliphatic carboxylic acids is 1. The first-order valence-electron chi connectivity index (χ1n) is 8.36. The third kappa shape index (κ3) is 2.59. The molecule has 0 spiro atoms. The molecule has 0 aliphatic heterocycles. The predicted octanol–water partition coefficient (Wildman–Crippen LogP) is 3.57. The number of H-pyrrole nitrogens is 1. The molecule has 1 aliphatic rings. The molecule has 3 N–H and O–H groups in total. The van der Waals surface area contributed by atoms with Crippen LogP contribution in [0.5, 0.6) is 0 Å². The van der Waals surface area contributed by atoms with Crippen molar-refractivity contribution >= 4 is 16.9 Å². The monoisotopic (exact) mass is 320 g/mol. The summed E-state index contributed by atoms with van der Waals surface area (Å²) in [6, 6.07) is 13.4. The van der Waals surface area contributed by atoms with Gasteiger partial charge in [0.15, 0.2) is 0 Å². The zero-order valence-corrected chi connectivity index (χ0v) is 13.4. The predicted molar refractivity (Wildman–Crippen MR) is 94.0 cm³/mol. The van der Waals surface area contributed by atoms with E-state index in [1.54, 1.807) is 6.20 Å². The van der Waals surface area contributed by atoms with Crippen LogP contribution in [0.3, 0.4) is 0 Å². The third-order valence-corrected chi connectivity index (χ3v) is 4.92. The minimum Gasteiger partial charge on any atom is -0.480 e. The Kier molecular flexibility index (Phi) is 3.82. The van der Waals surface area contributed by atoms with Crippen LogP contribution in [-0.2, 0) is 24.2 Å². The van der Waals surface area contributed by atoms with Gasteiger partial charge in [-0.2, -0.15) is 0 Å². The molecule has 0 bridgehead atoms. The highest BCUT2D eigenvalue weighted by Gasteiger charge is 2.23. The molecule has 2 aromatic carbocycles. The van der Waals surface area contributed by atoms with E-state index in [1.165, 1.54) is 23.1 Å². The number of rotatable bonds is 5. The minimum atomic E-state index is -0.854. The van der Waals surface area contributed by atoms with E-state index in [4.69, 9.17) is 0 Å². The van der Waals surface area contributed by atoms with Crippen LogP contribution in [0.25, 0.3) is 10.9 Å². The number of carbonyl (C=O) groups is 1. The highest BCUT2D eigenvalue weighted by molar-refractivity contribution is 5.89. The van der Waals surface area contributed by atoms with Crippen LogP contribution in [0.15, 0.2) is 48.7 Å². The second-order valence-electron chi connectivity index (χ2n) is 6.35. The molecule has 1 aliphatic carbocycles. The van der Waals surface area contributed by atoms with Crippen molar-refractivity contribution in [3.8, 4) is 0 Å². The lowest BCUT2D eigenvalue weighted by molar-refractivity contribution is -0.139. The van der Waals surface area contributed by atoms with Gasteiger partial charge in [-0.3, -0.25) is 10.1 Å². The van der Waals surface area contributed by atoms with E-state index in [1.807, 2.05) is 24.3 Å². The van der Waals surface area contributed by atoms with Crippen LogP contribution in [0.4, 0.5) is 0 Å². The maximum absolute atomic E-state index is 11.8. The molecular weight excluding hydrogens is 300 g/mol. The zero-order chi connectivity index (χ0) is 16.5. The van der Waals surface area contributed by atoms with Gasteiger partial charge in [0.1, 0.15) is 6.04 Å². The molecule has 3 aromatic rings. The number of aryl methyl sites for hydroxylation is 1. The number of nitrogens with one attached hydrogen (secondary N) is 2. The van der Waals surface area contributed by atoms with Crippen molar-refractivity contribution < 1.29 is 9.90 Å². The first-order chi connectivity index (χ1) is 11.7. The Morgan fingerprint density at radius 2 is 2.04 bits per heavy atom. The van der Waals surface area contributed by atoms with Crippen LogP contribution in [-0.4, -0.2) is 16.1 Å². The molecule has 0 fully saturated rings. The summed E-state index contributed by atoms with van der Waals surface area (Å²) in [7, 11) is 0. The van der Waals surface area contributed by atoms with Gasteiger partial charge < -0.3 is 10.1 Å². The van der Waals surface area contributed by atoms with Crippen molar-refractivity contribution in [3.05, 3.63) is 70.9 Å². The summed E-state index contributed by atoms with van der Waals surface area (Å²) < 4.78 is 0. The van der Waals surface area contributed by atoms with Crippen LogP contribution in [0.1, 0.15) is 34.7 Å². The first-order valence-corrected chi connectivity index (χ1v) is 8.36. The molecule has 1 atom stereocenters. The van der Waals surface area contributed by atoms with Gasteiger partial charge >= 0.3 is 5.97 Å². The van der Waals surface area contributed by atoms with Gasteiger partial charge in [0, 0.05) is 29.2 Å². The lowest BCUT2D eigenvalue weighted by Gasteiger charge is -2.16. The normalized spacial score (nSPS) is 14.7. The Morgan fingerprint density at radius 1 is 1.17 bits per heavy atom. The van der Waals surface area contributed by atoms with E-state index in [2.05, 4.69) is 28.5 Å². The van der Waals surface area contributed by atoms with Gasteiger partial charge in [-0.1, -0.05) is 36.4 Å². The number of carboxylic acids is 1. The number of hydrogen-bond acceptors (Lipinski definition) is 2. The smallest absolute Gasteiger partial charge is 0.325 e. The Balaban J connectivity index is 1.61. The van der Waals surface area contributed by atoms with Gasteiger partial charge in [-0.05, 0) is 42.0 Å². The standard InChI is InChI=1S/C20H20N2O2/c23-20(24)19(17-12-21-18-10-2-1-8-16(17)18)22-11-14-7-3-5-13-6-4-9-15(13)14/h1-3,5,7-8,10,12,19,21-22H,4,6,9,11H2,(H,23,24). The van der Waals surface area contributed by atoms with Crippen LogP contribution < -0.4 is 5.32 Å². The van der Waals surface area contributed by atoms with Gasteiger partial charge in [-0.25, -0.2) is 0 Å². The van der Waals surface area contributed by atoms with Gasteiger partial charge in [-0.15, -0.1) is 0 Å². The van der Waals surface area contributed by atoms with E-state index in [-0.39, 0.29) is 0 Å². The minimum absolute atomic E-state index is 0.569. The summed E-state index contributed by atoms with van der Waals surface area (Å²) in [5.41, 5.74) is 5.77. The van der Waals surface area contributed by atoms with Crippen molar-refractivity contribution in [3.63, 3.8) is 0 Å². The van der Waals surface area contributed by atoms with Crippen molar-refractivity contribution in [2.24, 2.45) is 0 Å². The first kappa shape index (κ1) is 15.0. The van der Waals surface area contributed by atoms with Gasteiger partial charge in [0.25, 0.3) is 0 Å². The second kappa shape index (κ2) is 6.13. The zero-order valence-electron chi connectivity index (χ0n) is 13.4. The maximum atomic E-state index is 11.8. The molecule has 0 saturated heterocycles. The molecule has 0 saturated carbocycles. The van der Waals surface area contributed by atoms with Crippen LogP contribution >= 0.6 is 0 Å². The summed E-state index contributed by atoms with van der Waals surface area (Å²) in [6.45, 7) is 0.569. The summed E-state index contributed by atoms with van der Waals surface area (Å²) in [5.74, 6) is -0.854. The summed E-state index contributed by atoms with van der Waals surface area (Å²) in [6.07, 6.45) is 5.22. The van der Waals surface area contributed by atoms with E-state index >= 15 is 0 Å². The summed E-state index contributed by atoms with van der Waals surface area (Å²) >= 11 is 0. The van der Waals surface area contributed by atoms with Crippen molar-refractivity contribution in [2.75, 3.05) is 0 Å². The van der Waals surface area contributed by atoms with Crippen molar-refractivity contribution in [1.82, 2.24) is 10.3 Å². The van der Waals surface area contributed by atoms with E-state index in [9.17, 15) is 9.90 Å². The molecule has 4 heteroatoms. The number of hydrogen-bond donors (Lipinski definition) is 3.